The number of carbonyl (C=O) groups excluding carboxylic acids is 2. The molecule has 7 heteroatoms. The van der Waals surface area contributed by atoms with Crippen molar-refractivity contribution in [2.45, 2.75) is 6.92 Å². The van der Waals surface area contributed by atoms with Gasteiger partial charge in [0.05, 0.1) is 13.2 Å². The maximum atomic E-state index is 13.4. The quantitative estimate of drug-likeness (QED) is 0.872. The lowest BCUT2D eigenvalue weighted by atomic mass is 10.1. The fraction of sp³-hybridized carbons (Fsp3) is 0.412. The van der Waals surface area contributed by atoms with Gasteiger partial charge in [-0.1, -0.05) is 0 Å². The van der Waals surface area contributed by atoms with E-state index in [9.17, 15) is 14.0 Å². The van der Waals surface area contributed by atoms with E-state index in [1.807, 2.05) is 4.90 Å². The van der Waals surface area contributed by atoms with E-state index in [4.69, 9.17) is 4.74 Å². The molecule has 0 saturated carbocycles. The number of aromatic amines is 1. The Balaban J connectivity index is 1.61. The molecule has 1 aromatic heterocycles. The van der Waals surface area contributed by atoms with Crippen LogP contribution in [-0.4, -0.2) is 66.0 Å². The van der Waals surface area contributed by atoms with Crippen molar-refractivity contribution in [3.05, 3.63) is 35.8 Å². The number of nitrogens with one attached hydrogen (secondary N) is 1. The summed E-state index contributed by atoms with van der Waals surface area (Å²) < 4.78 is 18.4. The maximum absolute atomic E-state index is 13.4. The number of nitrogens with zero attached hydrogens (tertiary/aromatic N) is 2. The molecule has 1 saturated heterocycles. The average Bonchev–Trinajstić information content (AvgIpc) is 2.98. The summed E-state index contributed by atoms with van der Waals surface area (Å²) in [6, 6.07) is 4.36. The molecule has 1 aromatic carbocycles. The highest BCUT2D eigenvalue weighted by Crippen LogP contribution is 2.20. The summed E-state index contributed by atoms with van der Waals surface area (Å²) in [5.41, 5.74) is 1.24. The molecule has 0 spiro atoms. The topological polar surface area (TPSA) is 65.6 Å². The summed E-state index contributed by atoms with van der Waals surface area (Å²) in [6.07, 6.45) is 1.32. The van der Waals surface area contributed by atoms with Crippen molar-refractivity contribution in [2.24, 2.45) is 0 Å². The van der Waals surface area contributed by atoms with Gasteiger partial charge in [-0.2, -0.15) is 0 Å². The highest BCUT2D eigenvalue weighted by atomic mass is 19.1. The van der Waals surface area contributed by atoms with Gasteiger partial charge in [0.15, 0.2) is 5.78 Å². The molecule has 24 heavy (non-hydrogen) atoms. The zero-order chi connectivity index (χ0) is 17.1. The lowest BCUT2D eigenvalue weighted by molar-refractivity contribution is 0.0734. The second-order valence-corrected chi connectivity index (χ2v) is 5.78. The average molecular weight is 333 g/mol. The third-order valence-electron chi connectivity index (χ3n) is 4.21. The lowest BCUT2D eigenvalue weighted by Crippen LogP contribution is -2.50. The van der Waals surface area contributed by atoms with Crippen LogP contribution >= 0.6 is 0 Å². The molecule has 2 heterocycles. The molecule has 3 rings (SSSR count). The highest BCUT2D eigenvalue weighted by molar-refractivity contribution is 6.08. The van der Waals surface area contributed by atoms with Crippen LogP contribution in [-0.2, 0) is 4.74 Å². The Morgan fingerprint density at radius 3 is 2.71 bits per heavy atom. The van der Waals surface area contributed by atoms with Crippen LogP contribution in [0.3, 0.4) is 0 Å². The molecule has 0 atom stereocenters. The van der Waals surface area contributed by atoms with E-state index in [-0.39, 0.29) is 24.2 Å². The van der Waals surface area contributed by atoms with Crippen molar-refractivity contribution in [1.29, 1.82) is 0 Å². The van der Waals surface area contributed by atoms with E-state index < -0.39 is 0 Å². The van der Waals surface area contributed by atoms with Gasteiger partial charge in [-0.05, 0) is 25.1 Å². The smallest absolute Gasteiger partial charge is 0.409 e. The Bertz CT molecular complexity index is 751. The minimum atomic E-state index is -0.362. The first kappa shape index (κ1) is 16.4. The number of piperazine rings is 1. The molecular weight excluding hydrogens is 313 g/mol. The largest absolute Gasteiger partial charge is 0.450 e. The normalized spacial score (nSPS) is 15.7. The van der Waals surface area contributed by atoms with Crippen LogP contribution in [0.5, 0.6) is 0 Å². The van der Waals surface area contributed by atoms with E-state index in [0.717, 1.165) is 5.52 Å². The summed E-state index contributed by atoms with van der Waals surface area (Å²) >= 11 is 0. The number of amides is 1. The molecule has 0 bridgehead atoms. The summed E-state index contributed by atoms with van der Waals surface area (Å²) in [5.74, 6) is -0.421. The van der Waals surface area contributed by atoms with Gasteiger partial charge in [0.1, 0.15) is 5.82 Å². The second kappa shape index (κ2) is 7.00. The number of fused-ring (bicyclic) bond motifs is 1. The maximum Gasteiger partial charge on any atom is 0.409 e. The molecule has 2 aromatic rings. The van der Waals surface area contributed by atoms with Gasteiger partial charge in [0.25, 0.3) is 0 Å². The van der Waals surface area contributed by atoms with Gasteiger partial charge in [-0.25, -0.2) is 9.18 Å². The zero-order valence-corrected chi connectivity index (χ0v) is 13.5. The molecule has 1 aliphatic rings. The predicted molar refractivity (Wildman–Crippen MR) is 87.6 cm³/mol. The van der Waals surface area contributed by atoms with E-state index >= 15 is 0 Å². The van der Waals surface area contributed by atoms with Gasteiger partial charge < -0.3 is 14.6 Å². The predicted octanol–water partition coefficient (Wildman–Crippen LogP) is 2.26. The number of benzene rings is 1. The third kappa shape index (κ3) is 3.41. The van der Waals surface area contributed by atoms with E-state index in [1.165, 1.54) is 12.1 Å². The molecule has 0 aliphatic carbocycles. The summed E-state index contributed by atoms with van der Waals surface area (Å²) in [6.45, 7) is 4.68. The number of aromatic nitrogens is 1. The van der Waals surface area contributed by atoms with Crippen LogP contribution in [0, 0.1) is 5.82 Å². The highest BCUT2D eigenvalue weighted by Gasteiger charge is 2.24. The van der Waals surface area contributed by atoms with Crippen LogP contribution in [0.4, 0.5) is 9.18 Å². The van der Waals surface area contributed by atoms with Crippen molar-refractivity contribution in [3.8, 4) is 0 Å². The van der Waals surface area contributed by atoms with Gasteiger partial charge in [-0.15, -0.1) is 0 Å². The summed E-state index contributed by atoms with van der Waals surface area (Å²) in [5, 5.41) is 0.602. The first-order valence-electron chi connectivity index (χ1n) is 8.02. The zero-order valence-electron chi connectivity index (χ0n) is 13.5. The fourth-order valence-corrected chi connectivity index (χ4v) is 2.92. The van der Waals surface area contributed by atoms with Crippen LogP contribution in [0.15, 0.2) is 24.4 Å². The Morgan fingerprint density at radius 2 is 2.00 bits per heavy atom. The number of Topliss-reactive ketones (excluding diaryl/α,β-unsaturated/α-hetero) is 1. The van der Waals surface area contributed by atoms with Gasteiger partial charge in [-0.3, -0.25) is 9.69 Å². The fourth-order valence-electron chi connectivity index (χ4n) is 2.92. The minimum Gasteiger partial charge on any atom is -0.450 e. The molecule has 0 radical (unpaired) electrons. The SMILES string of the molecule is CCOC(=O)N1CCN(CC(=O)c2c[nH]c3ccc(F)cc23)CC1. The van der Waals surface area contributed by atoms with Crippen molar-refractivity contribution >= 4 is 22.8 Å². The number of rotatable bonds is 4. The molecular formula is C17H20FN3O3. The molecule has 0 unspecified atom stereocenters. The summed E-state index contributed by atoms with van der Waals surface area (Å²) in [4.78, 5) is 30.8. The van der Waals surface area contributed by atoms with Crippen molar-refractivity contribution < 1.29 is 18.7 Å². The monoisotopic (exact) mass is 333 g/mol. The standard InChI is InChI=1S/C17H20FN3O3/c1-2-24-17(23)21-7-5-20(6-8-21)11-16(22)14-10-19-15-4-3-12(18)9-13(14)15/h3-4,9-10,19H,2,5-8,11H2,1H3. The van der Waals surface area contributed by atoms with Gasteiger partial charge in [0, 0.05) is 48.8 Å². The number of carbonyl (C=O) groups is 2. The Hall–Kier alpha value is -2.41. The lowest BCUT2D eigenvalue weighted by Gasteiger charge is -2.33. The first-order chi connectivity index (χ1) is 11.6. The second-order valence-electron chi connectivity index (χ2n) is 5.78. The van der Waals surface area contributed by atoms with Crippen LogP contribution in [0.2, 0.25) is 0 Å². The Morgan fingerprint density at radius 1 is 1.25 bits per heavy atom. The van der Waals surface area contributed by atoms with Crippen LogP contribution < -0.4 is 0 Å². The summed E-state index contributed by atoms with van der Waals surface area (Å²) in [7, 11) is 0. The third-order valence-corrected chi connectivity index (χ3v) is 4.21. The van der Waals surface area contributed by atoms with E-state index in [1.54, 1.807) is 24.1 Å². The minimum absolute atomic E-state index is 0.0589. The van der Waals surface area contributed by atoms with Crippen LogP contribution in [0.25, 0.3) is 10.9 Å². The number of halogens is 1. The Labute approximate surface area is 139 Å². The van der Waals surface area contributed by atoms with Crippen molar-refractivity contribution in [2.75, 3.05) is 39.3 Å². The van der Waals surface area contributed by atoms with Gasteiger partial charge in [0.2, 0.25) is 0 Å². The molecule has 128 valence electrons. The molecule has 1 N–H and O–H groups in total. The van der Waals surface area contributed by atoms with Gasteiger partial charge >= 0.3 is 6.09 Å². The number of hydrogen-bond acceptors (Lipinski definition) is 4. The van der Waals surface area contributed by atoms with Crippen molar-refractivity contribution in [3.63, 3.8) is 0 Å². The Kier molecular flexibility index (Phi) is 4.80. The molecule has 6 nitrogen and oxygen atoms in total. The molecule has 1 aliphatic heterocycles. The van der Waals surface area contributed by atoms with Crippen molar-refractivity contribution in [1.82, 2.24) is 14.8 Å². The van der Waals surface area contributed by atoms with E-state index in [0.29, 0.717) is 43.7 Å². The van der Waals surface area contributed by atoms with Crippen LogP contribution in [0.1, 0.15) is 17.3 Å². The number of H-pyrrole nitrogens is 1. The number of hydrogen-bond donors (Lipinski definition) is 1. The first-order valence-corrected chi connectivity index (χ1v) is 8.02. The number of ether oxygens (including phenoxy) is 1. The molecule has 1 fully saturated rings. The number of ketones is 1. The molecule has 1 amide bonds. The van der Waals surface area contributed by atoms with E-state index in [2.05, 4.69) is 4.98 Å².